The van der Waals surface area contributed by atoms with E-state index in [1.54, 1.807) is 0 Å². The number of hydrogen-bond acceptors (Lipinski definition) is 2. The molecule has 0 saturated carbocycles. The molecule has 82 valence electrons. The number of carbonyl (C=O) groups excluding carboxylic acids is 1. The molecular formula is C11H5BrFIOS. The van der Waals surface area contributed by atoms with Gasteiger partial charge in [0.1, 0.15) is 5.82 Å². The van der Waals surface area contributed by atoms with Gasteiger partial charge in [0.05, 0.1) is 4.88 Å². The normalized spacial score (nSPS) is 10.4. The fraction of sp³-hybridized carbons (Fsp3) is 0. The molecule has 0 saturated heterocycles. The molecule has 2 aromatic rings. The molecule has 0 amide bonds. The Morgan fingerprint density at radius 2 is 2.12 bits per heavy atom. The van der Waals surface area contributed by atoms with E-state index in [-0.39, 0.29) is 11.6 Å². The number of ketones is 1. The Morgan fingerprint density at radius 1 is 1.38 bits per heavy atom. The van der Waals surface area contributed by atoms with Crippen LogP contribution in [0.5, 0.6) is 0 Å². The summed E-state index contributed by atoms with van der Waals surface area (Å²) in [6.45, 7) is 0. The largest absolute Gasteiger partial charge is 0.288 e. The number of carbonyl (C=O) groups is 1. The first kappa shape index (κ1) is 12.2. The lowest BCUT2D eigenvalue weighted by molar-refractivity contribution is 0.104. The first-order chi connectivity index (χ1) is 7.59. The van der Waals surface area contributed by atoms with E-state index < -0.39 is 0 Å². The molecule has 2 rings (SSSR count). The standard InChI is InChI=1S/C11H5BrFIOS/c12-8-3-4-16-11(8)10(15)7-2-1-6(13)5-9(7)14/h1-5H. The lowest BCUT2D eigenvalue weighted by atomic mass is 10.1. The molecule has 0 unspecified atom stereocenters. The fourth-order valence-corrected chi connectivity index (χ4v) is 3.48. The summed E-state index contributed by atoms with van der Waals surface area (Å²) in [5.41, 5.74) is 0.533. The molecule has 16 heavy (non-hydrogen) atoms. The van der Waals surface area contributed by atoms with Gasteiger partial charge < -0.3 is 0 Å². The minimum absolute atomic E-state index is 0.0775. The molecule has 1 nitrogen and oxygen atoms in total. The lowest BCUT2D eigenvalue weighted by Crippen LogP contribution is -2.02. The van der Waals surface area contributed by atoms with Crippen LogP contribution in [-0.4, -0.2) is 5.78 Å². The zero-order chi connectivity index (χ0) is 11.7. The third-order valence-corrected chi connectivity index (χ3v) is 4.73. The molecule has 0 atom stereocenters. The molecule has 0 aliphatic rings. The predicted molar refractivity (Wildman–Crippen MR) is 74.6 cm³/mol. The Bertz CT molecular complexity index is 553. The maximum atomic E-state index is 12.9. The van der Waals surface area contributed by atoms with Crippen molar-refractivity contribution in [3.63, 3.8) is 0 Å². The molecule has 0 radical (unpaired) electrons. The highest BCUT2D eigenvalue weighted by atomic mass is 127. The molecule has 0 fully saturated rings. The van der Waals surface area contributed by atoms with Gasteiger partial charge in [-0.2, -0.15) is 0 Å². The van der Waals surface area contributed by atoms with E-state index >= 15 is 0 Å². The van der Waals surface area contributed by atoms with Crippen molar-refractivity contribution in [2.75, 3.05) is 0 Å². The van der Waals surface area contributed by atoms with Crippen LogP contribution in [0.3, 0.4) is 0 Å². The van der Waals surface area contributed by atoms with Gasteiger partial charge in [-0.1, -0.05) is 0 Å². The lowest BCUT2D eigenvalue weighted by Gasteiger charge is -2.02. The molecule has 1 heterocycles. The van der Waals surface area contributed by atoms with E-state index in [1.807, 2.05) is 34.0 Å². The average Bonchev–Trinajstić information content (AvgIpc) is 2.63. The van der Waals surface area contributed by atoms with E-state index in [0.29, 0.717) is 14.0 Å². The number of rotatable bonds is 2. The van der Waals surface area contributed by atoms with Gasteiger partial charge in [-0.3, -0.25) is 4.79 Å². The second-order valence-corrected chi connectivity index (χ2v) is 5.98. The summed E-state index contributed by atoms with van der Waals surface area (Å²) in [6.07, 6.45) is 0. The summed E-state index contributed by atoms with van der Waals surface area (Å²) in [6, 6.07) is 6.01. The minimum Gasteiger partial charge on any atom is -0.288 e. The summed E-state index contributed by atoms with van der Waals surface area (Å²) < 4.78 is 14.3. The van der Waals surface area contributed by atoms with Crippen LogP contribution in [0.15, 0.2) is 34.1 Å². The highest BCUT2D eigenvalue weighted by molar-refractivity contribution is 14.1. The number of halogens is 3. The van der Waals surface area contributed by atoms with Gasteiger partial charge in [0.2, 0.25) is 5.78 Å². The van der Waals surface area contributed by atoms with Crippen molar-refractivity contribution in [1.29, 1.82) is 0 Å². The summed E-state index contributed by atoms with van der Waals surface area (Å²) in [4.78, 5) is 12.8. The van der Waals surface area contributed by atoms with Crippen LogP contribution in [0.4, 0.5) is 4.39 Å². The van der Waals surface area contributed by atoms with Gasteiger partial charge in [-0.25, -0.2) is 4.39 Å². The Labute approximate surface area is 118 Å². The van der Waals surface area contributed by atoms with Gasteiger partial charge in [0, 0.05) is 13.6 Å². The number of thiophene rings is 1. The van der Waals surface area contributed by atoms with Crippen molar-refractivity contribution < 1.29 is 9.18 Å². The second-order valence-electron chi connectivity index (χ2n) is 3.05. The van der Waals surface area contributed by atoms with Crippen molar-refractivity contribution in [3.8, 4) is 0 Å². The molecule has 0 aliphatic carbocycles. The van der Waals surface area contributed by atoms with Gasteiger partial charge in [0.15, 0.2) is 0 Å². The highest BCUT2D eigenvalue weighted by Gasteiger charge is 2.16. The van der Waals surface area contributed by atoms with Gasteiger partial charge in [-0.15, -0.1) is 11.3 Å². The first-order valence-corrected chi connectivity index (χ1v) is 7.07. The Hall–Kier alpha value is -0.270. The van der Waals surface area contributed by atoms with Crippen LogP contribution in [0.2, 0.25) is 0 Å². The van der Waals surface area contributed by atoms with Crippen molar-refractivity contribution in [1.82, 2.24) is 0 Å². The van der Waals surface area contributed by atoms with E-state index in [0.717, 1.165) is 4.47 Å². The minimum atomic E-state index is -0.328. The second kappa shape index (κ2) is 4.93. The van der Waals surface area contributed by atoms with Crippen molar-refractivity contribution in [3.05, 3.63) is 53.9 Å². The van der Waals surface area contributed by atoms with Crippen LogP contribution < -0.4 is 0 Å². The third-order valence-electron chi connectivity index (χ3n) is 2.00. The molecule has 0 aliphatic heterocycles. The highest BCUT2D eigenvalue weighted by Crippen LogP contribution is 2.27. The topological polar surface area (TPSA) is 17.1 Å². The van der Waals surface area contributed by atoms with Gasteiger partial charge >= 0.3 is 0 Å². The SMILES string of the molecule is O=C(c1ccc(F)cc1I)c1sccc1Br. The van der Waals surface area contributed by atoms with Gasteiger partial charge in [0.25, 0.3) is 0 Å². The van der Waals surface area contributed by atoms with E-state index in [4.69, 9.17) is 0 Å². The van der Waals surface area contributed by atoms with Crippen LogP contribution in [-0.2, 0) is 0 Å². The Balaban J connectivity index is 2.46. The van der Waals surface area contributed by atoms with Crippen molar-refractivity contribution >= 4 is 55.6 Å². The Morgan fingerprint density at radius 3 is 2.69 bits per heavy atom. The fourth-order valence-electron chi connectivity index (χ4n) is 1.25. The molecule has 1 aromatic carbocycles. The quantitative estimate of drug-likeness (QED) is 0.526. The maximum Gasteiger partial charge on any atom is 0.205 e. The smallest absolute Gasteiger partial charge is 0.205 e. The summed E-state index contributed by atoms with van der Waals surface area (Å²) in [7, 11) is 0. The zero-order valence-corrected chi connectivity index (χ0v) is 12.4. The van der Waals surface area contributed by atoms with Crippen molar-refractivity contribution in [2.45, 2.75) is 0 Å². The van der Waals surface area contributed by atoms with Crippen molar-refractivity contribution in [2.24, 2.45) is 0 Å². The third kappa shape index (κ3) is 2.36. The molecule has 5 heteroatoms. The van der Waals surface area contributed by atoms with Crippen LogP contribution in [0.1, 0.15) is 15.2 Å². The number of benzene rings is 1. The molecular weight excluding hydrogens is 406 g/mol. The van der Waals surface area contributed by atoms with Gasteiger partial charge in [-0.05, 0) is 68.2 Å². The van der Waals surface area contributed by atoms with Crippen LogP contribution >= 0.6 is 49.9 Å². The average molecular weight is 411 g/mol. The summed E-state index contributed by atoms with van der Waals surface area (Å²) in [5, 5.41) is 1.84. The molecule has 1 aromatic heterocycles. The number of hydrogen-bond donors (Lipinski definition) is 0. The van der Waals surface area contributed by atoms with Crippen LogP contribution in [0, 0.1) is 9.39 Å². The summed E-state index contributed by atoms with van der Waals surface area (Å²) >= 11 is 6.65. The van der Waals surface area contributed by atoms with E-state index in [2.05, 4.69) is 15.9 Å². The zero-order valence-electron chi connectivity index (χ0n) is 7.84. The summed E-state index contributed by atoms with van der Waals surface area (Å²) in [5.74, 6) is -0.405. The van der Waals surface area contributed by atoms with E-state index in [1.165, 1.54) is 29.5 Å². The molecule has 0 bridgehead atoms. The maximum absolute atomic E-state index is 12.9. The monoisotopic (exact) mass is 410 g/mol. The predicted octanol–water partition coefficient (Wildman–Crippen LogP) is 4.49. The molecule has 0 spiro atoms. The van der Waals surface area contributed by atoms with E-state index in [9.17, 15) is 9.18 Å². The van der Waals surface area contributed by atoms with Crippen LogP contribution in [0.25, 0.3) is 0 Å². The first-order valence-electron chi connectivity index (χ1n) is 4.32. The Kier molecular flexibility index (Phi) is 3.76. The molecule has 0 N–H and O–H groups in total.